The minimum atomic E-state index is -1.27. The van der Waals surface area contributed by atoms with Crippen molar-refractivity contribution in [2.45, 2.75) is 25.0 Å². The number of carbonyl (C=O) groups excluding carboxylic acids is 3. The van der Waals surface area contributed by atoms with Gasteiger partial charge >= 0.3 is 47.7 Å². The molecule has 1 aromatic rings. The summed E-state index contributed by atoms with van der Waals surface area (Å²) >= 11 is 0. The fraction of sp³-hybridized carbons (Fsp3) is 0.368. The van der Waals surface area contributed by atoms with Crippen LogP contribution in [0, 0.1) is 5.92 Å². The average molecular weight is 424 g/mol. The summed E-state index contributed by atoms with van der Waals surface area (Å²) in [6.07, 6.45) is -0.715. The zero-order chi connectivity index (χ0) is 20.7. The van der Waals surface area contributed by atoms with Crippen LogP contribution in [0.4, 0.5) is 9.59 Å². The molecule has 0 unspecified atom stereocenters. The number of aliphatic carboxylic acids is 1. The van der Waals surface area contributed by atoms with Crippen LogP contribution >= 0.6 is 0 Å². The first-order valence-corrected chi connectivity index (χ1v) is 9.17. The van der Waals surface area contributed by atoms with Gasteiger partial charge in [0.25, 0.3) is 5.91 Å². The molecule has 154 valence electrons. The largest absolute Gasteiger partial charge is 1.00 e. The van der Waals surface area contributed by atoms with Crippen molar-refractivity contribution in [3.8, 4) is 0 Å². The molecule has 0 bridgehead atoms. The predicted molar refractivity (Wildman–Crippen MR) is 99.2 cm³/mol. The fourth-order valence-electron chi connectivity index (χ4n) is 4.41. The molecule has 3 aliphatic rings. The van der Waals surface area contributed by atoms with Crippen LogP contribution in [0.5, 0.6) is 0 Å². The summed E-state index contributed by atoms with van der Waals surface area (Å²) in [6.45, 7) is 0.340. The zero-order valence-corrected chi connectivity index (χ0v) is 18.4. The Hall–Kier alpha value is -2.56. The second-order valence-electron chi connectivity index (χ2n) is 7.27. The Balaban J connectivity index is 0.00000171. The van der Waals surface area contributed by atoms with E-state index in [1.165, 1.54) is 9.80 Å². The van der Waals surface area contributed by atoms with Gasteiger partial charge in [-0.15, -0.1) is 0 Å². The number of nitrogens with one attached hydrogen (secondary N) is 1. The topological polar surface area (TPSA) is 142 Å². The van der Waals surface area contributed by atoms with E-state index in [0.29, 0.717) is 25.1 Å². The summed E-state index contributed by atoms with van der Waals surface area (Å²) in [6, 6.07) is 7.96. The number of nitrogens with two attached hydrogens (primary N) is 1. The van der Waals surface area contributed by atoms with E-state index in [1.807, 2.05) is 30.3 Å². The quantitative estimate of drug-likeness (QED) is 0.349. The standard InChI is InChI=1S/C19H20N4O6.Na.H/c20-18(27)29-9-12-6-11-8-22(19(28)21-7-10-4-2-1-3-5-10)15-13(11)23(16(15)24)14(12)17(25)26;;/h1-5,11,13,15H,6-9H2,(H2,20,27)(H,21,28)(H,25,26);;/q;+1;-1/t11-,13-,15+;;/m1../s1. The Morgan fingerprint density at radius 1 is 1.27 bits per heavy atom. The van der Waals surface area contributed by atoms with Crippen molar-refractivity contribution in [2.75, 3.05) is 13.2 Å². The molecule has 10 nitrogen and oxygen atoms in total. The molecule has 2 saturated heterocycles. The maximum Gasteiger partial charge on any atom is 1.00 e. The second-order valence-corrected chi connectivity index (χ2v) is 7.27. The molecule has 0 aliphatic carbocycles. The third-order valence-electron chi connectivity index (χ3n) is 5.59. The van der Waals surface area contributed by atoms with Crippen molar-refractivity contribution < 1.29 is 60.0 Å². The Morgan fingerprint density at radius 3 is 2.60 bits per heavy atom. The molecule has 1 aromatic carbocycles. The number of carboxylic acids is 1. The Bertz CT molecular complexity index is 927. The molecule has 30 heavy (non-hydrogen) atoms. The van der Waals surface area contributed by atoms with Crippen LogP contribution < -0.4 is 40.6 Å². The first kappa shape index (κ1) is 22.1. The first-order valence-electron chi connectivity index (χ1n) is 9.17. The number of carboxylic acid groups (broad SMARTS) is 1. The SMILES string of the molecule is NC(=O)OCC1=C(C(=O)O)N2C(=O)[C@@H]3[C@H]2[C@H](C1)CN3C(=O)NCc1ccccc1.[H-].[Na+]. The molecular weight excluding hydrogens is 403 g/mol. The number of benzene rings is 1. The normalized spacial score (nSPS) is 23.9. The van der Waals surface area contributed by atoms with Crippen LogP contribution in [-0.4, -0.2) is 64.1 Å². The summed E-state index contributed by atoms with van der Waals surface area (Å²) < 4.78 is 4.76. The average Bonchev–Trinajstić information content (AvgIpc) is 3.06. The smallest absolute Gasteiger partial charge is 1.00 e. The van der Waals surface area contributed by atoms with E-state index in [9.17, 15) is 24.3 Å². The van der Waals surface area contributed by atoms with Gasteiger partial charge in [0, 0.05) is 19.0 Å². The fourth-order valence-corrected chi connectivity index (χ4v) is 4.41. The maximum atomic E-state index is 12.7. The Morgan fingerprint density at radius 2 is 1.97 bits per heavy atom. The number of primary amides is 1. The van der Waals surface area contributed by atoms with Gasteiger partial charge in [-0.3, -0.25) is 9.69 Å². The van der Waals surface area contributed by atoms with Gasteiger partial charge in [-0.05, 0) is 17.6 Å². The van der Waals surface area contributed by atoms with Gasteiger partial charge in [0.15, 0.2) is 0 Å². The summed E-state index contributed by atoms with van der Waals surface area (Å²) in [7, 11) is 0. The number of carbonyl (C=O) groups is 4. The number of nitrogens with zero attached hydrogens (tertiary/aromatic N) is 2. The number of amides is 4. The van der Waals surface area contributed by atoms with Crippen molar-refractivity contribution in [1.29, 1.82) is 0 Å². The number of likely N-dealkylation sites (tertiary alicyclic amines) is 1. The van der Waals surface area contributed by atoms with E-state index in [-0.39, 0.29) is 61.3 Å². The van der Waals surface area contributed by atoms with Gasteiger partial charge in [0.1, 0.15) is 18.3 Å². The van der Waals surface area contributed by atoms with Crippen LogP contribution in [0.3, 0.4) is 0 Å². The number of hydrogen-bond acceptors (Lipinski definition) is 5. The van der Waals surface area contributed by atoms with E-state index in [0.717, 1.165) is 5.56 Å². The first-order chi connectivity index (χ1) is 13.9. The van der Waals surface area contributed by atoms with Gasteiger partial charge in [-0.25, -0.2) is 14.4 Å². The molecule has 3 atom stereocenters. The van der Waals surface area contributed by atoms with Crippen LogP contribution in [0.15, 0.2) is 41.6 Å². The molecular formula is C19H21N4NaO6. The molecule has 4 N–H and O–H groups in total. The molecule has 0 saturated carbocycles. The predicted octanol–water partition coefficient (Wildman–Crippen LogP) is -2.64. The van der Waals surface area contributed by atoms with Crippen LogP contribution in [0.25, 0.3) is 0 Å². The van der Waals surface area contributed by atoms with Gasteiger partial charge in [0.2, 0.25) is 0 Å². The summed E-state index contributed by atoms with van der Waals surface area (Å²) in [5, 5.41) is 12.4. The van der Waals surface area contributed by atoms with Crippen molar-refractivity contribution in [2.24, 2.45) is 11.7 Å². The molecule has 3 aliphatic heterocycles. The van der Waals surface area contributed by atoms with Crippen molar-refractivity contribution >= 4 is 24.0 Å². The summed E-state index contributed by atoms with van der Waals surface area (Å²) in [4.78, 5) is 50.7. The van der Waals surface area contributed by atoms with Crippen LogP contribution in [-0.2, 0) is 20.9 Å². The number of β-lactam (4-membered cyclic amide) rings is 1. The second kappa shape index (κ2) is 8.66. The van der Waals surface area contributed by atoms with Crippen molar-refractivity contribution in [3.05, 3.63) is 47.2 Å². The van der Waals surface area contributed by atoms with Crippen molar-refractivity contribution in [3.63, 3.8) is 0 Å². The number of rotatable bonds is 5. The molecule has 2 fully saturated rings. The van der Waals surface area contributed by atoms with Gasteiger partial charge < -0.3 is 27.2 Å². The Labute approximate surface area is 195 Å². The van der Waals surface area contributed by atoms with Gasteiger partial charge in [0.05, 0.1) is 6.04 Å². The molecule has 0 spiro atoms. The molecule has 0 radical (unpaired) electrons. The number of hydrogen-bond donors (Lipinski definition) is 3. The third kappa shape index (κ3) is 3.78. The number of ether oxygens (including phenoxy) is 1. The monoisotopic (exact) mass is 424 g/mol. The minimum absolute atomic E-state index is 0. The summed E-state index contributed by atoms with van der Waals surface area (Å²) in [5.74, 6) is -1.85. The molecule has 0 aromatic heterocycles. The van der Waals surface area contributed by atoms with Gasteiger partial charge in [-0.2, -0.15) is 0 Å². The molecule has 4 amide bonds. The Kier molecular flexibility index (Phi) is 6.39. The zero-order valence-electron chi connectivity index (χ0n) is 17.4. The van der Waals surface area contributed by atoms with Crippen molar-refractivity contribution in [1.82, 2.24) is 15.1 Å². The van der Waals surface area contributed by atoms with Crippen LogP contribution in [0.2, 0.25) is 0 Å². The van der Waals surface area contributed by atoms with E-state index in [1.54, 1.807) is 0 Å². The third-order valence-corrected chi connectivity index (χ3v) is 5.59. The van der Waals surface area contributed by atoms with E-state index >= 15 is 0 Å². The minimum Gasteiger partial charge on any atom is -1.00 e. The van der Waals surface area contributed by atoms with Gasteiger partial charge in [-0.1, -0.05) is 30.3 Å². The summed E-state index contributed by atoms with van der Waals surface area (Å²) in [5.41, 5.74) is 6.05. The molecule has 11 heteroatoms. The molecule has 3 heterocycles. The van der Waals surface area contributed by atoms with Crippen LogP contribution in [0.1, 0.15) is 13.4 Å². The number of urea groups is 1. The van der Waals surface area contributed by atoms with E-state index in [2.05, 4.69) is 5.32 Å². The maximum absolute atomic E-state index is 12.7. The van der Waals surface area contributed by atoms with E-state index in [4.69, 9.17) is 10.5 Å². The molecule has 4 rings (SSSR count). The van der Waals surface area contributed by atoms with E-state index < -0.39 is 24.0 Å².